The molecule has 4 fully saturated rings. The van der Waals surface area contributed by atoms with Crippen LogP contribution in [-0.4, -0.2) is 121 Å². The minimum atomic E-state index is -4.65. The van der Waals surface area contributed by atoms with Crippen molar-refractivity contribution in [2.24, 2.45) is 11.8 Å². The van der Waals surface area contributed by atoms with Gasteiger partial charge in [0.15, 0.2) is 5.69 Å². The highest BCUT2D eigenvalue weighted by atomic mass is 32.2. The number of carbonyl (C=O) groups is 2. The van der Waals surface area contributed by atoms with Crippen LogP contribution in [0.3, 0.4) is 0 Å². The maximum absolute atomic E-state index is 14.7. The number of thiazole rings is 1. The van der Waals surface area contributed by atoms with Crippen molar-refractivity contribution < 1.29 is 61.5 Å². The van der Waals surface area contributed by atoms with Crippen molar-refractivity contribution in [2.45, 2.75) is 57.0 Å². The predicted octanol–water partition coefficient (Wildman–Crippen LogP) is 6.07. The van der Waals surface area contributed by atoms with E-state index < -0.39 is 66.9 Å². The fourth-order valence-corrected chi connectivity index (χ4v) is 12.3. The molecule has 8 rings (SSSR count). The van der Waals surface area contributed by atoms with E-state index in [0.29, 0.717) is 50.6 Å². The van der Waals surface area contributed by atoms with Gasteiger partial charge in [0.25, 0.3) is 0 Å². The van der Waals surface area contributed by atoms with Crippen LogP contribution >= 0.6 is 11.3 Å². The molecule has 1 aromatic carbocycles. The Morgan fingerprint density at radius 3 is 1.65 bits per heavy atom. The molecule has 0 spiro atoms. The zero-order chi connectivity index (χ0) is 47.8. The summed E-state index contributed by atoms with van der Waals surface area (Å²) >= 11 is 1.47. The van der Waals surface area contributed by atoms with E-state index in [1.165, 1.54) is 28.4 Å². The van der Waals surface area contributed by atoms with Gasteiger partial charge in [0.2, 0.25) is 11.8 Å². The largest absolute Gasteiger partial charge is 0.434 e. The van der Waals surface area contributed by atoms with Crippen molar-refractivity contribution in [1.82, 2.24) is 29.7 Å². The molecule has 2 atom stereocenters. The summed E-state index contributed by atoms with van der Waals surface area (Å²) < 4.78 is 152. The number of pyridine rings is 1. The SMILES string of the molecule is Cc1cnc(C2CN(c3ccc(C(F)(F)F)cn3)CCN2C(=O)C2CCS(=O)(=O)CC2)s1.O=C(C1CCS(=O)(=O)CC1)N1CCN(c2cnc(C(F)(F)F)cn2)CC1c1ccc(F)cc1F. The topological polar surface area (TPSA) is 167 Å². The average molecular weight is 993 g/mol. The summed E-state index contributed by atoms with van der Waals surface area (Å²) in [6.07, 6.45) is -4.06. The van der Waals surface area contributed by atoms with Crippen molar-refractivity contribution in [3.8, 4) is 0 Å². The number of anilines is 2. The van der Waals surface area contributed by atoms with Gasteiger partial charge < -0.3 is 19.6 Å². The molecule has 2 unspecified atom stereocenters. The second kappa shape index (κ2) is 19.3. The van der Waals surface area contributed by atoms with Gasteiger partial charge >= 0.3 is 12.4 Å². The molecule has 0 radical (unpaired) electrons. The predicted molar refractivity (Wildman–Crippen MR) is 226 cm³/mol. The van der Waals surface area contributed by atoms with E-state index in [9.17, 15) is 61.5 Å². The van der Waals surface area contributed by atoms with Gasteiger partial charge in [0, 0.05) is 80.0 Å². The molecule has 358 valence electrons. The fraction of sp³-hybridized carbons (Fsp3) is 0.512. The summed E-state index contributed by atoms with van der Waals surface area (Å²) in [7, 11) is -6.27. The van der Waals surface area contributed by atoms with Gasteiger partial charge in [-0.05, 0) is 50.8 Å². The van der Waals surface area contributed by atoms with Crippen molar-refractivity contribution in [1.29, 1.82) is 0 Å². The molecule has 4 aliphatic rings. The van der Waals surface area contributed by atoms with Crippen molar-refractivity contribution in [3.63, 3.8) is 0 Å². The van der Waals surface area contributed by atoms with Gasteiger partial charge in [-0.25, -0.2) is 45.6 Å². The number of aromatic nitrogens is 4. The Labute approximate surface area is 378 Å². The Kier molecular flexibility index (Phi) is 14.3. The summed E-state index contributed by atoms with van der Waals surface area (Å²) in [6.45, 7) is 3.30. The Balaban J connectivity index is 0.000000197. The van der Waals surface area contributed by atoms with E-state index in [1.54, 1.807) is 16.0 Å². The molecule has 2 amide bonds. The summed E-state index contributed by atoms with van der Waals surface area (Å²) in [6, 6.07) is 4.07. The van der Waals surface area contributed by atoms with Gasteiger partial charge in [-0.15, -0.1) is 11.3 Å². The molecule has 4 aliphatic heterocycles. The number of hydrogen-bond acceptors (Lipinski definition) is 13. The normalized spacial score (nSPS) is 21.8. The number of alkyl halides is 6. The van der Waals surface area contributed by atoms with Crippen LogP contribution in [0.2, 0.25) is 0 Å². The van der Waals surface area contributed by atoms with E-state index in [4.69, 9.17) is 0 Å². The molecule has 4 saturated heterocycles. The van der Waals surface area contributed by atoms with Gasteiger partial charge in [0.05, 0.1) is 47.0 Å². The number of hydrogen-bond donors (Lipinski definition) is 0. The third-order valence-corrected chi connectivity index (χ3v) is 16.5. The monoisotopic (exact) mass is 992 g/mol. The van der Waals surface area contributed by atoms with E-state index in [2.05, 4.69) is 19.9 Å². The van der Waals surface area contributed by atoms with Gasteiger partial charge in [-0.3, -0.25) is 9.59 Å². The summed E-state index contributed by atoms with van der Waals surface area (Å²) in [5.41, 5.74) is -1.92. The summed E-state index contributed by atoms with van der Waals surface area (Å²) in [5.74, 6) is -2.64. The van der Waals surface area contributed by atoms with Crippen LogP contribution in [0.4, 0.5) is 46.8 Å². The first-order valence-corrected chi connectivity index (χ1v) is 25.3. The first-order chi connectivity index (χ1) is 31.0. The maximum atomic E-state index is 14.7. The third kappa shape index (κ3) is 11.5. The van der Waals surface area contributed by atoms with Gasteiger partial charge in [-0.1, -0.05) is 6.07 Å². The minimum Gasteiger partial charge on any atom is -0.352 e. The Morgan fingerprint density at radius 1 is 0.636 bits per heavy atom. The lowest BCUT2D eigenvalue weighted by Crippen LogP contribution is -2.53. The van der Waals surface area contributed by atoms with Gasteiger partial charge in [0.1, 0.15) is 54.0 Å². The van der Waals surface area contributed by atoms with Crippen LogP contribution in [0.5, 0.6) is 0 Å². The van der Waals surface area contributed by atoms with Crippen LogP contribution < -0.4 is 9.80 Å². The highest BCUT2D eigenvalue weighted by Crippen LogP contribution is 2.37. The molecule has 3 aromatic heterocycles. The van der Waals surface area contributed by atoms with Crippen molar-refractivity contribution >= 4 is 54.5 Å². The van der Waals surface area contributed by atoms with E-state index in [-0.39, 0.29) is 90.6 Å². The van der Waals surface area contributed by atoms with E-state index in [0.717, 1.165) is 34.4 Å². The fourth-order valence-electron chi connectivity index (χ4n) is 8.40. The number of sulfone groups is 2. The molecular formula is C41H44F8N8O6S3. The van der Waals surface area contributed by atoms with Crippen molar-refractivity contribution in [2.75, 3.05) is 72.1 Å². The van der Waals surface area contributed by atoms with E-state index in [1.807, 2.05) is 11.8 Å². The summed E-state index contributed by atoms with van der Waals surface area (Å²) in [4.78, 5) is 49.9. The zero-order valence-corrected chi connectivity index (χ0v) is 37.6. The van der Waals surface area contributed by atoms with Crippen LogP contribution in [0.1, 0.15) is 64.5 Å². The Bertz CT molecular complexity index is 2590. The standard InChI is InChI=1S/C21H21F5N4O3S.C20H23F3N4O3S2/c22-14-1-2-15(16(23)9-14)17-12-29(19-11-27-18(10-28-19)21(24,25)26)5-6-30(17)20(31)13-3-7-34(32,33)8-4-13;1-13-10-25-18(31-13)16-12-26(17-3-2-15(11-24-17)20(21,22)23)6-7-27(16)19(28)14-4-8-32(29,30)9-5-14/h1-2,9-11,13,17H,3-8,12H2;2-3,10-11,14,16H,4-9,12H2,1H3. The maximum Gasteiger partial charge on any atom is 0.434 e. The molecule has 0 N–H and O–H groups in total. The lowest BCUT2D eigenvalue weighted by molar-refractivity contribution is -0.141. The zero-order valence-electron chi connectivity index (χ0n) is 35.2. The summed E-state index contributed by atoms with van der Waals surface area (Å²) in [5, 5.41) is 0.746. The number of benzene rings is 1. The van der Waals surface area contributed by atoms with Crippen LogP contribution in [-0.2, 0) is 41.6 Å². The number of piperazine rings is 2. The lowest BCUT2D eigenvalue weighted by atomic mass is 9.96. The molecule has 4 aromatic rings. The second-order valence-electron chi connectivity index (χ2n) is 16.5. The Morgan fingerprint density at radius 2 is 1.18 bits per heavy atom. The highest BCUT2D eigenvalue weighted by molar-refractivity contribution is 7.91. The molecule has 0 aliphatic carbocycles. The minimum absolute atomic E-state index is 0.0138. The number of halogens is 8. The van der Waals surface area contributed by atoms with E-state index >= 15 is 0 Å². The van der Waals surface area contributed by atoms with Gasteiger partial charge in [-0.2, -0.15) is 26.3 Å². The molecule has 0 saturated carbocycles. The van der Waals surface area contributed by atoms with Crippen molar-refractivity contribution in [3.05, 3.63) is 93.5 Å². The lowest BCUT2D eigenvalue weighted by Gasteiger charge is -2.43. The second-order valence-corrected chi connectivity index (χ2v) is 22.3. The first-order valence-electron chi connectivity index (χ1n) is 20.8. The van der Waals surface area contributed by atoms with Crippen LogP contribution in [0.25, 0.3) is 0 Å². The quantitative estimate of drug-likeness (QED) is 0.205. The smallest absolute Gasteiger partial charge is 0.352 e. The average Bonchev–Trinajstić information content (AvgIpc) is 3.71. The number of aryl methyl sites for hydroxylation is 1. The number of amides is 2. The number of nitrogens with zero attached hydrogens (tertiary/aromatic N) is 8. The molecule has 66 heavy (non-hydrogen) atoms. The number of rotatable bonds is 6. The van der Waals surface area contributed by atoms with Crippen LogP contribution in [0.15, 0.2) is 55.1 Å². The third-order valence-electron chi connectivity index (χ3n) is 12.0. The molecule has 0 bridgehead atoms. The number of carbonyl (C=O) groups excluding carboxylic acids is 2. The first kappa shape index (κ1) is 48.9. The van der Waals surface area contributed by atoms with Crippen LogP contribution in [0, 0.1) is 30.4 Å². The molecule has 25 heteroatoms. The molecule has 14 nitrogen and oxygen atoms in total. The Hall–Kier alpha value is -5.04. The molecule has 7 heterocycles. The highest BCUT2D eigenvalue weighted by Gasteiger charge is 2.41. The molecular weight excluding hydrogens is 949 g/mol.